The van der Waals surface area contributed by atoms with Crippen LogP contribution in [-0.2, 0) is 0 Å². The van der Waals surface area contributed by atoms with Crippen molar-refractivity contribution < 1.29 is 9.47 Å². The molecule has 0 aromatic heterocycles. The van der Waals surface area contributed by atoms with Crippen molar-refractivity contribution in [3.8, 4) is 11.5 Å². The molecule has 0 heterocycles. The molecule has 2 aromatic rings. The molecular weight excluding hydrogens is 274 g/mol. The SMILES string of the molecule is COc1ccc(OCCCNc2cccc(Cl)c2)cc1. The van der Waals surface area contributed by atoms with E-state index in [0.29, 0.717) is 6.61 Å². The Morgan fingerprint density at radius 1 is 1.05 bits per heavy atom. The monoisotopic (exact) mass is 291 g/mol. The first-order valence-electron chi connectivity index (χ1n) is 6.54. The molecule has 0 amide bonds. The van der Waals surface area contributed by atoms with Crippen molar-refractivity contribution >= 4 is 17.3 Å². The zero-order valence-corrected chi connectivity index (χ0v) is 12.2. The van der Waals surface area contributed by atoms with Gasteiger partial charge in [0.25, 0.3) is 0 Å². The van der Waals surface area contributed by atoms with Crippen LogP contribution in [0.2, 0.25) is 5.02 Å². The molecule has 0 aliphatic heterocycles. The Bertz CT molecular complexity index is 528. The molecule has 1 N–H and O–H groups in total. The Morgan fingerprint density at radius 3 is 2.50 bits per heavy atom. The summed E-state index contributed by atoms with van der Waals surface area (Å²) >= 11 is 5.91. The van der Waals surface area contributed by atoms with Crippen molar-refractivity contribution in [2.45, 2.75) is 6.42 Å². The normalized spacial score (nSPS) is 10.1. The van der Waals surface area contributed by atoms with E-state index in [1.165, 1.54) is 0 Å². The molecule has 0 bridgehead atoms. The molecule has 0 saturated heterocycles. The highest BCUT2D eigenvalue weighted by Gasteiger charge is 1.96. The van der Waals surface area contributed by atoms with E-state index in [4.69, 9.17) is 21.1 Å². The lowest BCUT2D eigenvalue weighted by atomic mass is 10.3. The minimum Gasteiger partial charge on any atom is -0.497 e. The summed E-state index contributed by atoms with van der Waals surface area (Å²) in [5, 5.41) is 4.05. The number of nitrogens with one attached hydrogen (secondary N) is 1. The van der Waals surface area contributed by atoms with Crippen LogP contribution in [0.5, 0.6) is 11.5 Å². The van der Waals surface area contributed by atoms with Crippen LogP contribution in [0.15, 0.2) is 48.5 Å². The second-order valence-electron chi connectivity index (χ2n) is 4.31. The summed E-state index contributed by atoms with van der Waals surface area (Å²) in [5.74, 6) is 1.69. The van der Waals surface area contributed by atoms with Crippen LogP contribution in [0, 0.1) is 0 Å². The van der Waals surface area contributed by atoms with Gasteiger partial charge in [-0.2, -0.15) is 0 Å². The van der Waals surface area contributed by atoms with Crippen LogP contribution in [-0.4, -0.2) is 20.3 Å². The molecule has 3 nitrogen and oxygen atoms in total. The highest BCUT2D eigenvalue weighted by Crippen LogP contribution is 2.17. The predicted molar refractivity (Wildman–Crippen MR) is 83.0 cm³/mol. The number of hydrogen-bond donors (Lipinski definition) is 1. The molecule has 0 unspecified atom stereocenters. The van der Waals surface area contributed by atoms with Crippen molar-refractivity contribution in [3.05, 3.63) is 53.6 Å². The van der Waals surface area contributed by atoms with Crippen LogP contribution in [0.1, 0.15) is 6.42 Å². The zero-order chi connectivity index (χ0) is 14.2. The van der Waals surface area contributed by atoms with Gasteiger partial charge in [-0.3, -0.25) is 0 Å². The first-order chi connectivity index (χ1) is 9.78. The lowest BCUT2D eigenvalue weighted by molar-refractivity contribution is 0.314. The fraction of sp³-hybridized carbons (Fsp3) is 0.250. The van der Waals surface area contributed by atoms with E-state index in [2.05, 4.69) is 5.32 Å². The van der Waals surface area contributed by atoms with Crippen LogP contribution in [0.25, 0.3) is 0 Å². The summed E-state index contributed by atoms with van der Waals surface area (Å²) in [4.78, 5) is 0. The lowest BCUT2D eigenvalue weighted by Gasteiger charge is -2.09. The van der Waals surface area contributed by atoms with Gasteiger partial charge >= 0.3 is 0 Å². The van der Waals surface area contributed by atoms with Crippen LogP contribution < -0.4 is 14.8 Å². The van der Waals surface area contributed by atoms with Gasteiger partial charge in [-0.25, -0.2) is 0 Å². The maximum atomic E-state index is 5.91. The van der Waals surface area contributed by atoms with Gasteiger partial charge in [0.15, 0.2) is 0 Å². The maximum Gasteiger partial charge on any atom is 0.119 e. The van der Waals surface area contributed by atoms with Crippen LogP contribution in [0.3, 0.4) is 0 Å². The fourth-order valence-corrected chi connectivity index (χ4v) is 1.96. The smallest absolute Gasteiger partial charge is 0.119 e. The number of methoxy groups -OCH3 is 1. The van der Waals surface area contributed by atoms with Crippen molar-refractivity contribution in [3.63, 3.8) is 0 Å². The Morgan fingerprint density at radius 2 is 1.80 bits per heavy atom. The van der Waals surface area contributed by atoms with E-state index in [9.17, 15) is 0 Å². The lowest BCUT2D eigenvalue weighted by Crippen LogP contribution is -2.07. The highest BCUT2D eigenvalue weighted by molar-refractivity contribution is 6.30. The summed E-state index contributed by atoms with van der Waals surface area (Å²) in [6, 6.07) is 15.3. The Balaban J connectivity index is 1.66. The largest absolute Gasteiger partial charge is 0.497 e. The zero-order valence-electron chi connectivity index (χ0n) is 11.4. The van der Waals surface area contributed by atoms with E-state index in [0.717, 1.165) is 35.2 Å². The molecule has 0 aliphatic rings. The molecule has 20 heavy (non-hydrogen) atoms. The van der Waals surface area contributed by atoms with Crippen molar-refractivity contribution in [2.24, 2.45) is 0 Å². The molecule has 4 heteroatoms. The van der Waals surface area contributed by atoms with E-state index in [1.54, 1.807) is 7.11 Å². The molecule has 106 valence electrons. The number of hydrogen-bond acceptors (Lipinski definition) is 3. The number of rotatable bonds is 7. The molecule has 2 rings (SSSR count). The predicted octanol–water partition coefficient (Wildman–Crippen LogP) is 4.23. The number of halogens is 1. The van der Waals surface area contributed by atoms with Gasteiger partial charge in [-0.15, -0.1) is 0 Å². The van der Waals surface area contributed by atoms with Crippen molar-refractivity contribution in [2.75, 3.05) is 25.6 Å². The van der Waals surface area contributed by atoms with Gasteiger partial charge in [0.05, 0.1) is 13.7 Å². The maximum absolute atomic E-state index is 5.91. The topological polar surface area (TPSA) is 30.5 Å². The fourth-order valence-electron chi connectivity index (χ4n) is 1.77. The second-order valence-corrected chi connectivity index (χ2v) is 4.75. The number of benzene rings is 2. The molecule has 0 spiro atoms. The van der Waals surface area contributed by atoms with Gasteiger partial charge < -0.3 is 14.8 Å². The Kier molecular flexibility index (Phi) is 5.56. The molecular formula is C16H18ClNO2. The van der Waals surface area contributed by atoms with E-state index in [1.807, 2.05) is 48.5 Å². The minimum absolute atomic E-state index is 0.667. The van der Waals surface area contributed by atoms with Crippen LogP contribution >= 0.6 is 11.6 Å². The van der Waals surface area contributed by atoms with E-state index in [-0.39, 0.29) is 0 Å². The standard InChI is InChI=1S/C16H18ClNO2/c1-19-15-6-8-16(9-7-15)20-11-3-10-18-14-5-2-4-13(17)12-14/h2,4-9,12,18H,3,10-11H2,1H3. The first kappa shape index (κ1) is 14.5. The summed E-state index contributed by atoms with van der Waals surface area (Å²) in [6.07, 6.45) is 0.915. The first-order valence-corrected chi connectivity index (χ1v) is 6.92. The average molecular weight is 292 g/mol. The molecule has 2 aromatic carbocycles. The quantitative estimate of drug-likeness (QED) is 0.774. The molecule has 0 radical (unpaired) electrons. The molecule has 0 fully saturated rings. The summed E-state index contributed by atoms with van der Waals surface area (Å²) in [7, 11) is 1.65. The van der Waals surface area contributed by atoms with Gasteiger partial charge in [0.1, 0.15) is 11.5 Å². The van der Waals surface area contributed by atoms with Crippen molar-refractivity contribution in [1.29, 1.82) is 0 Å². The number of ether oxygens (including phenoxy) is 2. The number of anilines is 1. The van der Waals surface area contributed by atoms with Gasteiger partial charge in [-0.1, -0.05) is 17.7 Å². The molecule has 0 aliphatic carbocycles. The average Bonchev–Trinajstić information content (AvgIpc) is 2.48. The molecule has 0 saturated carbocycles. The Hall–Kier alpha value is -1.87. The highest BCUT2D eigenvalue weighted by atomic mass is 35.5. The van der Waals surface area contributed by atoms with Gasteiger partial charge in [-0.05, 0) is 48.9 Å². The van der Waals surface area contributed by atoms with Crippen LogP contribution in [0.4, 0.5) is 5.69 Å². The summed E-state index contributed by atoms with van der Waals surface area (Å²) in [5.41, 5.74) is 1.03. The molecule has 0 atom stereocenters. The van der Waals surface area contributed by atoms with Gasteiger partial charge in [0.2, 0.25) is 0 Å². The Labute approximate surface area is 124 Å². The second kappa shape index (κ2) is 7.65. The van der Waals surface area contributed by atoms with E-state index >= 15 is 0 Å². The van der Waals surface area contributed by atoms with Gasteiger partial charge in [0, 0.05) is 17.3 Å². The third-order valence-electron chi connectivity index (χ3n) is 2.80. The van der Waals surface area contributed by atoms with Crippen molar-refractivity contribution in [1.82, 2.24) is 0 Å². The third-order valence-corrected chi connectivity index (χ3v) is 3.04. The summed E-state index contributed by atoms with van der Waals surface area (Å²) in [6.45, 7) is 1.51. The summed E-state index contributed by atoms with van der Waals surface area (Å²) < 4.78 is 10.7. The third kappa shape index (κ3) is 4.67. The van der Waals surface area contributed by atoms with E-state index < -0.39 is 0 Å². The minimum atomic E-state index is 0.667.